The lowest BCUT2D eigenvalue weighted by Gasteiger charge is -2.34. The van der Waals surface area contributed by atoms with Gasteiger partial charge in [0.15, 0.2) is 10.9 Å². The zero-order valence-electron chi connectivity index (χ0n) is 11.1. The summed E-state index contributed by atoms with van der Waals surface area (Å²) in [5, 5.41) is 0.964. The Labute approximate surface area is 129 Å². The fourth-order valence-corrected chi connectivity index (χ4v) is 3.92. The van der Waals surface area contributed by atoms with E-state index in [0.29, 0.717) is 0 Å². The van der Waals surface area contributed by atoms with Gasteiger partial charge in [-0.05, 0) is 18.2 Å². The third-order valence-corrected chi connectivity index (χ3v) is 5.11. The van der Waals surface area contributed by atoms with E-state index in [9.17, 15) is 4.39 Å². The lowest BCUT2D eigenvalue weighted by atomic mass is 10.3. The van der Waals surface area contributed by atoms with Gasteiger partial charge in [-0.2, -0.15) is 8.75 Å². The Morgan fingerprint density at radius 3 is 2.67 bits per heavy atom. The summed E-state index contributed by atoms with van der Waals surface area (Å²) in [4.78, 5) is 9.08. The topological polar surface area (TPSA) is 45.2 Å². The number of fused-ring (bicyclic) bond motifs is 1. The first-order valence-corrected chi connectivity index (χ1v) is 8.18. The summed E-state index contributed by atoms with van der Waals surface area (Å²) in [7, 11) is 0. The van der Waals surface area contributed by atoms with E-state index in [4.69, 9.17) is 0 Å². The molecule has 108 valence electrons. The monoisotopic (exact) mass is 321 g/mol. The third-order valence-electron chi connectivity index (χ3n) is 3.56. The summed E-state index contributed by atoms with van der Waals surface area (Å²) in [6, 6.07) is 4.74. The molecule has 1 aliphatic rings. The van der Waals surface area contributed by atoms with Crippen molar-refractivity contribution in [2.45, 2.75) is 0 Å². The third kappa shape index (κ3) is 2.44. The minimum Gasteiger partial charge on any atom is -0.351 e. The van der Waals surface area contributed by atoms with Crippen LogP contribution in [0.15, 0.2) is 24.4 Å². The van der Waals surface area contributed by atoms with E-state index < -0.39 is 0 Å². The van der Waals surface area contributed by atoms with Crippen LogP contribution in [0.3, 0.4) is 0 Å². The van der Waals surface area contributed by atoms with E-state index in [0.717, 1.165) is 47.3 Å². The largest absolute Gasteiger partial charge is 0.351 e. The van der Waals surface area contributed by atoms with Crippen LogP contribution in [0.1, 0.15) is 0 Å². The average molecular weight is 321 g/mol. The van der Waals surface area contributed by atoms with Gasteiger partial charge in [0.25, 0.3) is 0 Å². The Morgan fingerprint density at radius 1 is 1.10 bits per heavy atom. The van der Waals surface area contributed by atoms with Crippen LogP contribution in [-0.4, -0.2) is 39.9 Å². The fraction of sp³-hybridized carbons (Fsp3) is 0.308. The Kier molecular flexibility index (Phi) is 3.19. The first kappa shape index (κ1) is 12.9. The summed E-state index contributed by atoms with van der Waals surface area (Å²) in [6.45, 7) is 3.57. The first-order chi connectivity index (χ1) is 10.3. The highest BCUT2D eigenvalue weighted by atomic mass is 32.1. The molecule has 0 bridgehead atoms. The number of rotatable bonds is 2. The number of anilines is 2. The molecule has 8 heteroatoms. The van der Waals surface area contributed by atoms with Gasteiger partial charge in [-0.1, -0.05) is 11.3 Å². The summed E-state index contributed by atoms with van der Waals surface area (Å²) in [5.74, 6) is 0.740. The molecule has 0 saturated carbocycles. The van der Waals surface area contributed by atoms with Crippen LogP contribution in [0.5, 0.6) is 0 Å². The smallest absolute Gasteiger partial charge is 0.186 e. The Bertz CT molecular complexity index is 749. The maximum atomic E-state index is 13.2. The second-order valence-electron chi connectivity index (χ2n) is 4.85. The molecule has 3 heterocycles. The number of aromatic nitrogens is 3. The zero-order chi connectivity index (χ0) is 14.2. The van der Waals surface area contributed by atoms with Crippen LogP contribution in [0.25, 0.3) is 10.2 Å². The number of halogens is 1. The molecule has 2 aromatic heterocycles. The first-order valence-electron chi connectivity index (χ1n) is 6.63. The number of thiazole rings is 1. The van der Waals surface area contributed by atoms with Gasteiger partial charge < -0.3 is 9.80 Å². The maximum absolute atomic E-state index is 13.2. The van der Waals surface area contributed by atoms with Gasteiger partial charge in [0.1, 0.15) is 5.82 Å². The number of hydrogen-bond acceptors (Lipinski definition) is 7. The quantitative estimate of drug-likeness (QED) is 0.726. The van der Waals surface area contributed by atoms with Crippen LogP contribution < -0.4 is 9.80 Å². The van der Waals surface area contributed by atoms with E-state index in [-0.39, 0.29) is 5.82 Å². The molecule has 0 unspecified atom stereocenters. The van der Waals surface area contributed by atoms with Crippen LogP contribution in [0.2, 0.25) is 0 Å². The molecule has 5 nitrogen and oxygen atoms in total. The number of nitrogens with zero attached hydrogens (tertiary/aromatic N) is 5. The van der Waals surface area contributed by atoms with Crippen molar-refractivity contribution in [2.75, 3.05) is 36.0 Å². The highest BCUT2D eigenvalue weighted by molar-refractivity contribution is 7.22. The molecular weight excluding hydrogens is 309 g/mol. The molecular formula is C13H12FN5S2. The number of benzene rings is 1. The van der Waals surface area contributed by atoms with Crippen LogP contribution in [0.4, 0.5) is 15.3 Å². The summed E-state index contributed by atoms with van der Waals surface area (Å²) in [6.07, 6.45) is 1.81. The van der Waals surface area contributed by atoms with Gasteiger partial charge in [0.2, 0.25) is 0 Å². The minimum absolute atomic E-state index is 0.210. The minimum atomic E-state index is -0.210. The molecule has 0 N–H and O–H groups in total. The summed E-state index contributed by atoms with van der Waals surface area (Å²) < 4.78 is 22.4. The Hall–Kier alpha value is -1.80. The van der Waals surface area contributed by atoms with E-state index in [1.165, 1.54) is 17.8 Å². The SMILES string of the molecule is Fc1ccc2nc(N3CCN(c4cnsn4)CC3)sc2c1. The van der Waals surface area contributed by atoms with Crippen molar-refractivity contribution in [1.29, 1.82) is 0 Å². The maximum Gasteiger partial charge on any atom is 0.186 e. The number of piperazine rings is 1. The molecule has 0 spiro atoms. The van der Waals surface area contributed by atoms with Crippen molar-refractivity contribution in [1.82, 2.24) is 13.7 Å². The molecule has 3 aromatic rings. The van der Waals surface area contributed by atoms with Gasteiger partial charge >= 0.3 is 0 Å². The lowest BCUT2D eigenvalue weighted by molar-refractivity contribution is 0.630. The second kappa shape index (κ2) is 5.19. The van der Waals surface area contributed by atoms with Gasteiger partial charge in [-0.15, -0.1) is 0 Å². The van der Waals surface area contributed by atoms with Gasteiger partial charge in [-0.25, -0.2) is 9.37 Å². The van der Waals surface area contributed by atoms with E-state index in [1.54, 1.807) is 29.7 Å². The second-order valence-corrected chi connectivity index (χ2v) is 6.41. The Balaban J connectivity index is 1.52. The molecule has 1 aromatic carbocycles. The fourth-order valence-electron chi connectivity index (χ4n) is 2.45. The van der Waals surface area contributed by atoms with E-state index in [1.807, 2.05) is 0 Å². The highest BCUT2D eigenvalue weighted by Gasteiger charge is 2.21. The van der Waals surface area contributed by atoms with Crippen molar-refractivity contribution < 1.29 is 4.39 Å². The van der Waals surface area contributed by atoms with E-state index >= 15 is 0 Å². The van der Waals surface area contributed by atoms with Crippen molar-refractivity contribution in [3.8, 4) is 0 Å². The zero-order valence-corrected chi connectivity index (χ0v) is 12.7. The van der Waals surface area contributed by atoms with Gasteiger partial charge in [-0.3, -0.25) is 0 Å². The Morgan fingerprint density at radius 2 is 1.90 bits per heavy atom. The van der Waals surface area contributed by atoms with Crippen LogP contribution in [0, 0.1) is 5.82 Å². The van der Waals surface area contributed by atoms with Crippen molar-refractivity contribution >= 4 is 44.2 Å². The van der Waals surface area contributed by atoms with Crippen LogP contribution in [-0.2, 0) is 0 Å². The molecule has 1 aliphatic heterocycles. The summed E-state index contributed by atoms with van der Waals surface area (Å²) in [5.41, 5.74) is 0.863. The summed E-state index contributed by atoms with van der Waals surface area (Å²) >= 11 is 2.78. The molecule has 1 saturated heterocycles. The van der Waals surface area contributed by atoms with Crippen molar-refractivity contribution in [3.63, 3.8) is 0 Å². The predicted molar refractivity (Wildman–Crippen MR) is 83.9 cm³/mol. The average Bonchev–Trinajstić information content (AvgIpc) is 3.16. The van der Waals surface area contributed by atoms with Crippen molar-refractivity contribution in [2.24, 2.45) is 0 Å². The van der Waals surface area contributed by atoms with Crippen LogP contribution >= 0.6 is 23.1 Å². The van der Waals surface area contributed by atoms with Gasteiger partial charge in [0, 0.05) is 26.2 Å². The van der Waals surface area contributed by atoms with E-state index in [2.05, 4.69) is 23.5 Å². The molecule has 4 rings (SSSR count). The number of hydrogen-bond donors (Lipinski definition) is 0. The molecule has 0 radical (unpaired) electrons. The molecule has 0 aliphatic carbocycles. The molecule has 21 heavy (non-hydrogen) atoms. The molecule has 0 amide bonds. The lowest BCUT2D eigenvalue weighted by Crippen LogP contribution is -2.46. The normalized spacial score (nSPS) is 15.9. The predicted octanol–water partition coefficient (Wildman–Crippen LogP) is 2.61. The van der Waals surface area contributed by atoms with Gasteiger partial charge in [0.05, 0.1) is 28.1 Å². The standard InChI is InChI=1S/C13H12FN5S2/c14-9-1-2-10-11(7-9)20-13(16-10)19-5-3-18(4-6-19)12-8-15-21-17-12/h1-2,7-8H,3-6H2. The molecule has 1 fully saturated rings. The molecule has 0 atom stereocenters. The highest BCUT2D eigenvalue weighted by Crippen LogP contribution is 2.30. The van der Waals surface area contributed by atoms with Crippen molar-refractivity contribution in [3.05, 3.63) is 30.2 Å².